The molecule has 2 aromatic rings. The molecule has 1 amide bonds. The second-order valence-electron chi connectivity index (χ2n) is 6.97. The van der Waals surface area contributed by atoms with Crippen LogP contribution in [0.25, 0.3) is 11.0 Å². The Balaban J connectivity index is 1.78. The van der Waals surface area contributed by atoms with E-state index in [2.05, 4.69) is 39.9 Å². The first-order valence-electron chi connectivity index (χ1n) is 9.71. The van der Waals surface area contributed by atoms with E-state index in [4.69, 9.17) is 9.72 Å². The number of anilines is 1. The van der Waals surface area contributed by atoms with Gasteiger partial charge in [-0.25, -0.2) is 4.98 Å². The number of aryl methyl sites for hydroxylation is 1. The molecule has 1 atom stereocenters. The Morgan fingerprint density at radius 1 is 1.38 bits per heavy atom. The molecule has 6 nitrogen and oxygen atoms in total. The SMILES string of the molecule is CCCCn1c(N2CCCC(C(=O)NCCOC)C2)nc2ccccc21. The van der Waals surface area contributed by atoms with Gasteiger partial charge < -0.3 is 19.5 Å². The Kier molecular flexibility index (Phi) is 6.50. The van der Waals surface area contributed by atoms with Crippen molar-refractivity contribution < 1.29 is 9.53 Å². The summed E-state index contributed by atoms with van der Waals surface area (Å²) in [5, 5.41) is 2.98. The number of aromatic nitrogens is 2. The molecule has 2 heterocycles. The molecule has 0 radical (unpaired) electrons. The third-order valence-corrected chi connectivity index (χ3v) is 5.05. The maximum absolute atomic E-state index is 12.5. The summed E-state index contributed by atoms with van der Waals surface area (Å²) in [6.07, 6.45) is 4.22. The zero-order valence-corrected chi connectivity index (χ0v) is 15.9. The summed E-state index contributed by atoms with van der Waals surface area (Å²) < 4.78 is 7.34. The summed E-state index contributed by atoms with van der Waals surface area (Å²) in [5.74, 6) is 1.15. The van der Waals surface area contributed by atoms with Gasteiger partial charge in [-0.15, -0.1) is 0 Å². The van der Waals surface area contributed by atoms with E-state index in [-0.39, 0.29) is 11.8 Å². The number of ether oxygens (including phenoxy) is 1. The van der Waals surface area contributed by atoms with Crippen molar-refractivity contribution in [3.05, 3.63) is 24.3 Å². The number of fused-ring (bicyclic) bond motifs is 1. The van der Waals surface area contributed by atoms with Gasteiger partial charge in [0.15, 0.2) is 0 Å². The number of piperidine rings is 1. The molecular weight excluding hydrogens is 328 g/mol. The van der Waals surface area contributed by atoms with Gasteiger partial charge in [-0.3, -0.25) is 4.79 Å². The Bertz CT molecular complexity index is 728. The van der Waals surface area contributed by atoms with Gasteiger partial charge in [-0.05, 0) is 31.4 Å². The van der Waals surface area contributed by atoms with E-state index in [0.717, 1.165) is 56.8 Å². The number of hydrogen-bond acceptors (Lipinski definition) is 4. The lowest BCUT2D eigenvalue weighted by Gasteiger charge is -2.33. The smallest absolute Gasteiger partial charge is 0.224 e. The fourth-order valence-electron chi connectivity index (χ4n) is 3.63. The number of unbranched alkanes of at least 4 members (excludes halogenated alkanes) is 1. The molecule has 1 aliphatic heterocycles. The van der Waals surface area contributed by atoms with Crippen molar-refractivity contribution >= 4 is 22.9 Å². The minimum atomic E-state index is 0.0139. The van der Waals surface area contributed by atoms with Crippen molar-refractivity contribution in [2.24, 2.45) is 5.92 Å². The van der Waals surface area contributed by atoms with E-state index in [1.54, 1.807) is 7.11 Å². The first-order valence-corrected chi connectivity index (χ1v) is 9.71. The number of nitrogens with one attached hydrogen (secondary N) is 1. The van der Waals surface area contributed by atoms with Crippen LogP contribution in [0.4, 0.5) is 5.95 Å². The van der Waals surface area contributed by atoms with E-state index in [1.807, 2.05) is 6.07 Å². The van der Waals surface area contributed by atoms with Crippen molar-refractivity contribution in [3.8, 4) is 0 Å². The molecule has 1 aromatic heterocycles. The lowest BCUT2D eigenvalue weighted by Crippen LogP contribution is -2.44. The molecular formula is C20H30N4O2. The van der Waals surface area contributed by atoms with Crippen LogP contribution in [0.1, 0.15) is 32.6 Å². The fourth-order valence-corrected chi connectivity index (χ4v) is 3.63. The largest absolute Gasteiger partial charge is 0.383 e. The minimum absolute atomic E-state index is 0.0139. The Morgan fingerprint density at radius 3 is 3.04 bits per heavy atom. The lowest BCUT2D eigenvalue weighted by molar-refractivity contribution is -0.125. The van der Waals surface area contributed by atoms with Crippen LogP contribution in [-0.4, -0.2) is 48.8 Å². The number of imidazole rings is 1. The quantitative estimate of drug-likeness (QED) is 0.737. The summed E-state index contributed by atoms with van der Waals surface area (Å²) in [6.45, 7) is 5.98. The Labute approximate surface area is 155 Å². The molecule has 1 aromatic carbocycles. The van der Waals surface area contributed by atoms with Crippen LogP contribution >= 0.6 is 0 Å². The normalized spacial score (nSPS) is 17.6. The maximum atomic E-state index is 12.5. The van der Waals surface area contributed by atoms with Crippen LogP contribution in [-0.2, 0) is 16.1 Å². The predicted molar refractivity (Wildman–Crippen MR) is 104 cm³/mol. The molecule has 0 bridgehead atoms. The number of carbonyl (C=O) groups excluding carboxylic acids is 1. The summed E-state index contributed by atoms with van der Waals surface area (Å²) in [5.41, 5.74) is 2.22. The third-order valence-electron chi connectivity index (χ3n) is 5.05. The first kappa shape index (κ1) is 18.7. The molecule has 0 aliphatic carbocycles. The zero-order valence-electron chi connectivity index (χ0n) is 15.9. The summed E-state index contributed by atoms with van der Waals surface area (Å²) in [6, 6.07) is 8.31. The van der Waals surface area contributed by atoms with Gasteiger partial charge in [-0.2, -0.15) is 0 Å². The molecule has 26 heavy (non-hydrogen) atoms. The highest BCUT2D eigenvalue weighted by molar-refractivity contribution is 5.81. The van der Waals surface area contributed by atoms with Gasteiger partial charge in [0, 0.05) is 33.3 Å². The average Bonchev–Trinajstić information content (AvgIpc) is 3.05. The van der Waals surface area contributed by atoms with Crippen LogP contribution in [0.5, 0.6) is 0 Å². The molecule has 1 unspecified atom stereocenters. The summed E-state index contributed by atoms with van der Waals surface area (Å²) in [7, 11) is 1.65. The molecule has 3 rings (SSSR count). The first-order chi connectivity index (χ1) is 12.7. The van der Waals surface area contributed by atoms with Crippen LogP contribution in [0.2, 0.25) is 0 Å². The molecule has 142 valence electrons. The van der Waals surface area contributed by atoms with Crippen LogP contribution in [0.3, 0.4) is 0 Å². The van der Waals surface area contributed by atoms with E-state index in [0.29, 0.717) is 13.2 Å². The van der Waals surface area contributed by atoms with Crippen LogP contribution < -0.4 is 10.2 Å². The lowest BCUT2D eigenvalue weighted by atomic mass is 9.97. The van der Waals surface area contributed by atoms with E-state index < -0.39 is 0 Å². The van der Waals surface area contributed by atoms with Crippen LogP contribution in [0, 0.1) is 5.92 Å². The molecule has 6 heteroatoms. The topological polar surface area (TPSA) is 59.4 Å². The predicted octanol–water partition coefficient (Wildman–Crippen LogP) is 2.82. The number of hydrogen-bond donors (Lipinski definition) is 1. The molecule has 1 N–H and O–H groups in total. The monoisotopic (exact) mass is 358 g/mol. The number of para-hydroxylation sites is 2. The summed E-state index contributed by atoms with van der Waals surface area (Å²) in [4.78, 5) is 19.6. The second kappa shape index (κ2) is 9.03. The Hall–Kier alpha value is -2.08. The highest BCUT2D eigenvalue weighted by atomic mass is 16.5. The molecule has 1 fully saturated rings. The van der Waals surface area contributed by atoms with Crippen molar-refractivity contribution in [1.82, 2.24) is 14.9 Å². The minimum Gasteiger partial charge on any atom is -0.383 e. The fraction of sp³-hybridized carbons (Fsp3) is 0.600. The van der Waals surface area contributed by atoms with Gasteiger partial charge in [0.05, 0.1) is 23.6 Å². The highest BCUT2D eigenvalue weighted by Gasteiger charge is 2.28. The Morgan fingerprint density at radius 2 is 2.23 bits per heavy atom. The third kappa shape index (κ3) is 4.18. The van der Waals surface area contributed by atoms with Gasteiger partial charge in [-0.1, -0.05) is 25.5 Å². The number of benzene rings is 1. The molecule has 0 saturated carbocycles. The van der Waals surface area contributed by atoms with E-state index >= 15 is 0 Å². The van der Waals surface area contributed by atoms with Gasteiger partial charge in [0.2, 0.25) is 11.9 Å². The zero-order chi connectivity index (χ0) is 18.4. The van der Waals surface area contributed by atoms with E-state index in [9.17, 15) is 4.79 Å². The van der Waals surface area contributed by atoms with Crippen molar-refractivity contribution in [1.29, 1.82) is 0 Å². The second-order valence-corrected chi connectivity index (χ2v) is 6.97. The van der Waals surface area contributed by atoms with Crippen molar-refractivity contribution in [3.63, 3.8) is 0 Å². The number of rotatable bonds is 8. The molecule has 0 spiro atoms. The standard InChI is InChI=1S/C20H30N4O2/c1-3-4-13-24-18-10-6-5-9-17(18)22-20(24)23-12-7-8-16(15-23)19(25)21-11-14-26-2/h5-6,9-10,16H,3-4,7-8,11-15H2,1-2H3,(H,21,25). The van der Waals surface area contributed by atoms with Gasteiger partial charge >= 0.3 is 0 Å². The van der Waals surface area contributed by atoms with Crippen LogP contribution in [0.15, 0.2) is 24.3 Å². The number of amides is 1. The van der Waals surface area contributed by atoms with Crippen molar-refractivity contribution in [2.45, 2.75) is 39.2 Å². The number of carbonyl (C=O) groups is 1. The van der Waals surface area contributed by atoms with E-state index in [1.165, 1.54) is 5.52 Å². The average molecular weight is 358 g/mol. The van der Waals surface area contributed by atoms with Crippen molar-refractivity contribution in [2.75, 3.05) is 38.3 Å². The number of nitrogens with zero attached hydrogens (tertiary/aromatic N) is 3. The summed E-state index contributed by atoms with van der Waals surface area (Å²) >= 11 is 0. The number of methoxy groups -OCH3 is 1. The molecule has 1 aliphatic rings. The highest BCUT2D eigenvalue weighted by Crippen LogP contribution is 2.27. The van der Waals surface area contributed by atoms with Gasteiger partial charge in [0.1, 0.15) is 0 Å². The molecule has 1 saturated heterocycles. The van der Waals surface area contributed by atoms with Gasteiger partial charge in [0.25, 0.3) is 0 Å². The maximum Gasteiger partial charge on any atom is 0.224 e.